The summed E-state index contributed by atoms with van der Waals surface area (Å²) in [7, 11) is 0. The molecule has 12 N–H and O–H groups in total. The van der Waals surface area contributed by atoms with E-state index in [9.17, 15) is 48.9 Å². The molecule has 18 nitrogen and oxygen atoms in total. The number of quaternary nitrogens is 1. The minimum absolute atomic E-state index is 0.00352. The third kappa shape index (κ3) is 13.3. The lowest BCUT2D eigenvalue weighted by Crippen LogP contribution is -2.70. The number of benzene rings is 2. The SMILES string of the molecule is CC[C@H](C)[C@H](NC(=O)[C@H](CCCCNC(=O)c1ccc(Br)cc1)NC(=O)[C@H](CO)NC(=O)[C@@H](NC(=O)[C@@H]1CCCN1C(=O)[C@@H]([NH3+])Cc1c[nH]c2ccccc12)[C@@H](C)O)C(=O)O. The second kappa shape index (κ2) is 23.0. The Morgan fingerprint density at radius 1 is 0.902 bits per heavy atom. The molecule has 0 bridgehead atoms. The number of unbranched alkanes of at least 4 members (excludes halogenated alkanes) is 1. The van der Waals surface area contributed by atoms with Gasteiger partial charge in [-0.05, 0) is 80.8 Å². The number of para-hydroxylation sites is 1. The Hall–Kier alpha value is -5.37. The van der Waals surface area contributed by atoms with Crippen molar-refractivity contribution in [3.05, 3.63) is 70.3 Å². The summed E-state index contributed by atoms with van der Waals surface area (Å²) in [5.41, 5.74) is 6.34. The summed E-state index contributed by atoms with van der Waals surface area (Å²) in [5, 5.41) is 44.1. The van der Waals surface area contributed by atoms with E-state index in [2.05, 4.69) is 53.2 Å². The summed E-state index contributed by atoms with van der Waals surface area (Å²) in [6.07, 6.45) is 2.60. The number of carboxylic acid groups (broad SMARTS) is 1. The van der Waals surface area contributed by atoms with Gasteiger partial charge < -0.3 is 57.5 Å². The molecule has 0 radical (unpaired) electrons. The van der Waals surface area contributed by atoms with E-state index >= 15 is 0 Å². The molecule has 1 fully saturated rings. The Morgan fingerprint density at radius 2 is 1.57 bits per heavy atom. The normalized spacial score (nSPS) is 17.2. The molecule has 0 spiro atoms. The van der Waals surface area contributed by atoms with Crippen LogP contribution in [0.4, 0.5) is 0 Å². The summed E-state index contributed by atoms with van der Waals surface area (Å²) in [5.74, 6) is -5.89. The van der Waals surface area contributed by atoms with Gasteiger partial charge in [-0.1, -0.05) is 54.4 Å². The van der Waals surface area contributed by atoms with Gasteiger partial charge in [-0.15, -0.1) is 0 Å². The molecule has 2 heterocycles. The predicted molar refractivity (Wildman–Crippen MR) is 227 cm³/mol. The first kappa shape index (κ1) is 48.3. The van der Waals surface area contributed by atoms with E-state index in [1.807, 2.05) is 30.5 Å². The number of hydrogen-bond acceptors (Lipinski definition) is 9. The average Bonchev–Trinajstić information content (AvgIpc) is 3.90. The number of hydrogen-bond donors (Lipinski definition) is 10. The first-order valence-corrected chi connectivity index (χ1v) is 21.3. The molecular formula is C42H58BrN8O10+. The molecule has 2 aromatic carbocycles. The molecule has 1 aliphatic rings. The molecule has 1 aliphatic heterocycles. The number of aliphatic hydroxyl groups excluding tert-OH is 2. The Labute approximate surface area is 362 Å². The molecule has 332 valence electrons. The Bertz CT molecular complexity index is 2010. The number of carbonyl (C=O) groups is 7. The van der Waals surface area contributed by atoms with Crippen LogP contribution in [0.1, 0.15) is 75.2 Å². The number of aliphatic hydroxyl groups is 2. The number of amides is 6. The zero-order chi connectivity index (χ0) is 44.8. The molecule has 0 saturated carbocycles. The minimum Gasteiger partial charge on any atom is -0.480 e. The number of rotatable bonds is 22. The van der Waals surface area contributed by atoms with Crippen molar-refractivity contribution in [2.75, 3.05) is 19.7 Å². The van der Waals surface area contributed by atoms with E-state index in [1.54, 1.807) is 38.1 Å². The molecule has 3 aromatic rings. The molecule has 4 rings (SSSR count). The second-order valence-corrected chi connectivity index (χ2v) is 16.4. The molecule has 1 aromatic heterocycles. The highest BCUT2D eigenvalue weighted by atomic mass is 79.9. The second-order valence-electron chi connectivity index (χ2n) is 15.5. The summed E-state index contributed by atoms with van der Waals surface area (Å²) < 4.78 is 0.813. The smallest absolute Gasteiger partial charge is 0.326 e. The zero-order valence-electron chi connectivity index (χ0n) is 34.6. The molecule has 0 aliphatic carbocycles. The fourth-order valence-corrected chi connectivity index (χ4v) is 7.42. The largest absolute Gasteiger partial charge is 0.480 e. The molecule has 1 saturated heterocycles. The Kier molecular flexibility index (Phi) is 18.2. The molecule has 8 atom stereocenters. The number of aromatic nitrogens is 1. The van der Waals surface area contributed by atoms with E-state index < -0.39 is 84.5 Å². The van der Waals surface area contributed by atoms with Gasteiger partial charge in [0.15, 0.2) is 6.04 Å². The van der Waals surface area contributed by atoms with Crippen molar-refractivity contribution < 1.29 is 54.6 Å². The van der Waals surface area contributed by atoms with Crippen molar-refractivity contribution in [2.45, 2.75) is 108 Å². The highest BCUT2D eigenvalue weighted by Gasteiger charge is 2.40. The maximum absolute atomic E-state index is 13.6. The molecular weight excluding hydrogens is 856 g/mol. The third-order valence-corrected chi connectivity index (χ3v) is 11.5. The first-order chi connectivity index (χ1) is 29.1. The van der Waals surface area contributed by atoms with Gasteiger partial charge in [0.2, 0.25) is 23.6 Å². The maximum Gasteiger partial charge on any atom is 0.326 e. The fraction of sp³-hybridized carbons (Fsp3) is 0.500. The van der Waals surface area contributed by atoms with Crippen LogP contribution in [0.5, 0.6) is 0 Å². The van der Waals surface area contributed by atoms with Crippen LogP contribution in [-0.2, 0) is 35.2 Å². The number of carboxylic acids is 1. The first-order valence-electron chi connectivity index (χ1n) is 20.5. The lowest BCUT2D eigenvalue weighted by Gasteiger charge is -2.29. The van der Waals surface area contributed by atoms with Crippen LogP contribution in [0.2, 0.25) is 0 Å². The van der Waals surface area contributed by atoms with Crippen LogP contribution in [0.15, 0.2) is 59.2 Å². The number of nitrogens with zero attached hydrogens (tertiary/aromatic N) is 1. The molecule has 6 amide bonds. The van der Waals surface area contributed by atoms with Crippen molar-refractivity contribution in [1.29, 1.82) is 0 Å². The van der Waals surface area contributed by atoms with Crippen LogP contribution < -0.4 is 32.3 Å². The van der Waals surface area contributed by atoms with E-state index in [4.69, 9.17) is 0 Å². The van der Waals surface area contributed by atoms with Crippen LogP contribution >= 0.6 is 15.9 Å². The van der Waals surface area contributed by atoms with E-state index in [-0.39, 0.29) is 31.3 Å². The molecule has 61 heavy (non-hydrogen) atoms. The maximum atomic E-state index is 13.6. The number of halogens is 1. The van der Waals surface area contributed by atoms with E-state index in [1.165, 1.54) is 11.8 Å². The van der Waals surface area contributed by atoms with Crippen molar-refractivity contribution in [2.24, 2.45) is 5.92 Å². The molecule has 19 heteroatoms. The number of H-pyrrole nitrogens is 1. The van der Waals surface area contributed by atoms with Crippen molar-refractivity contribution in [3.63, 3.8) is 0 Å². The van der Waals surface area contributed by atoms with Crippen LogP contribution in [0.3, 0.4) is 0 Å². The minimum atomic E-state index is -1.66. The number of fused-ring (bicyclic) bond motifs is 1. The zero-order valence-corrected chi connectivity index (χ0v) is 36.2. The highest BCUT2D eigenvalue weighted by molar-refractivity contribution is 9.10. The van der Waals surface area contributed by atoms with Crippen molar-refractivity contribution in [1.82, 2.24) is 36.5 Å². The van der Waals surface area contributed by atoms with Gasteiger partial charge in [0.1, 0.15) is 30.2 Å². The summed E-state index contributed by atoms with van der Waals surface area (Å²) >= 11 is 3.32. The Morgan fingerprint density at radius 3 is 2.23 bits per heavy atom. The number of nitrogens with one attached hydrogen (secondary N) is 6. The van der Waals surface area contributed by atoms with Crippen LogP contribution in [0, 0.1) is 5.92 Å². The Balaban J connectivity index is 1.38. The topological polar surface area (TPSA) is 287 Å². The highest BCUT2D eigenvalue weighted by Crippen LogP contribution is 2.22. The number of carbonyl (C=O) groups excluding carboxylic acids is 6. The lowest BCUT2D eigenvalue weighted by molar-refractivity contribution is -0.405. The van der Waals surface area contributed by atoms with Gasteiger partial charge in [0.25, 0.3) is 11.8 Å². The van der Waals surface area contributed by atoms with Gasteiger partial charge >= 0.3 is 5.97 Å². The lowest BCUT2D eigenvalue weighted by atomic mass is 9.98. The van der Waals surface area contributed by atoms with Crippen LogP contribution in [0.25, 0.3) is 10.9 Å². The van der Waals surface area contributed by atoms with Crippen molar-refractivity contribution in [3.8, 4) is 0 Å². The van der Waals surface area contributed by atoms with Gasteiger partial charge in [0, 0.05) is 46.6 Å². The predicted octanol–water partition coefficient (Wildman–Crippen LogP) is 0.118. The number of aliphatic carboxylic acids is 1. The number of likely N-dealkylation sites (tertiary alicyclic amines) is 1. The van der Waals surface area contributed by atoms with Gasteiger partial charge in [-0.2, -0.15) is 0 Å². The van der Waals surface area contributed by atoms with Gasteiger partial charge in [-0.3, -0.25) is 28.8 Å². The van der Waals surface area contributed by atoms with Crippen LogP contribution in [-0.4, -0.2) is 129 Å². The summed E-state index contributed by atoms with van der Waals surface area (Å²) in [4.78, 5) is 96.9. The monoisotopic (exact) mass is 913 g/mol. The number of aromatic amines is 1. The quantitative estimate of drug-likeness (QED) is 0.0608. The summed E-state index contributed by atoms with van der Waals surface area (Å²) in [6, 6.07) is 6.91. The van der Waals surface area contributed by atoms with Crippen molar-refractivity contribution >= 4 is 68.2 Å². The molecule has 0 unspecified atom stereocenters. The summed E-state index contributed by atoms with van der Waals surface area (Å²) in [6.45, 7) is 4.25. The van der Waals surface area contributed by atoms with E-state index in [0.717, 1.165) is 20.9 Å². The average molecular weight is 915 g/mol. The third-order valence-electron chi connectivity index (χ3n) is 10.9. The van der Waals surface area contributed by atoms with Gasteiger partial charge in [0.05, 0.1) is 12.7 Å². The fourth-order valence-electron chi connectivity index (χ4n) is 7.16. The standard InChI is InChI=1S/C42H57BrN8O10/c1-4-23(2)34(42(60)61)49-37(55)31(12-7-8-18-45-36(54)25-14-16-27(43)17-15-25)47-38(56)32(22-52)48-40(58)35(24(3)53)50-39(57)33-13-9-19-51(33)41(59)29(44)20-26-21-46-30-11-6-5-10-28(26)30/h5-6,10-11,14-17,21,23-24,29,31-35,46,52-53H,4,7-9,12-13,18-20,22,44H2,1-3H3,(H,45,54)(H,47,56)(H,48,58)(H,49,55)(H,50,57)(H,60,61)/p+1/t23-,24+,29-,31-,32-,33-,34-,35-/m0/s1. The van der Waals surface area contributed by atoms with Gasteiger partial charge in [-0.25, -0.2) is 4.79 Å². The van der Waals surface area contributed by atoms with E-state index in [0.29, 0.717) is 44.1 Å².